The van der Waals surface area contributed by atoms with E-state index in [1.807, 2.05) is 20.8 Å². The number of rotatable bonds is 7. The van der Waals surface area contributed by atoms with Crippen molar-refractivity contribution in [3.8, 4) is 11.5 Å². The van der Waals surface area contributed by atoms with E-state index in [-0.39, 0.29) is 12.5 Å². The number of ether oxygens (including phenoxy) is 2. The number of carbonyl (C=O) groups excluding carboxylic acids is 2. The van der Waals surface area contributed by atoms with Crippen molar-refractivity contribution in [3.63, 3.8) is 0 Å². The fraction of sp³-hybridized carbons (Fsp3) is 0.286. The van der Waals surface area contributed by atoms with Gasteiger partial charge in [-0.05, 0) is 55.7 Å². The second kappa shape index (κ2) is 9.55. The molecule has 7 heteroatoms. The monoisotopic (exact) mass is 383 g/mol. The minimum atomic E-state index is -0.432. The summed E-state index contributed by atoms with van der Waals surface area (Å²) in [7, 11) is 1.48. The molecular formula is C21H25N3O4. The number of nitrogens with zero attached hydrogens (tertiary/aromatic N) is 1. The lowest BCUT2D eigenvalue weighted by molar-refractivity contribution is -0.132. The number of hydrazone groups is 1. The molecule has 0 atom stereocenters. The molecule has 0 saturated carbocycles. The first-order valence-electron chi connectivity index (χ1n) is 8.80. The first-order valence-corrected chi connectivity index (χ1v) is 8.80. The Kier molecular flexibility index (Phi) is 7.14. The van der Waals surface area contributed by atoms with Crippen LogP contribution in [0, 0.1) is 20.8 Å². The average Bonchev–Trinajstić information content (AvgIpc) is 2.61. The van der Waals surface area contributed by atoms with E-state index in [2.05, 4.69) is 28.0 Å². The smallest absolute Gasteiger partial charge is 0.308 e. The Morgan fingerprint density at radius 3 is 2.36 bits per heavy atom. The van der Waals surface area contributed by atoms with Crippen LogP contribution < -0.4 is 20.2 Å². The van der Waals surface area contributed by atoms with Crippen molar-refractivity contribution in [3.05, 3.63) is 52.6 Å². The molecule has 0 heterocycles. The summed E-state index contributed by atoms with van der Waals surface area (Å²) < 4.78 is 10.2. The minimum Gasteiger partial charge on any atom is -0.493 e. The van der Waals surface area contributed by atoms with Crippen LogP contribution in [0.4, 0.5) is 5.69 Å². The zero-order valence-electron chi connectivity index (χ0n) is 16.8. The number of methoxy groups -OCH3 is 1. The van der Waals surface area contributed by atoms with E-state index >= 15 is 0 Å². The number of esters is 1. The van der Waals surface area contributed by atoms with Gasteiger partial charge in [0.1, 0.15) is 0 Å². The van der Waals surface area contributed by atoms with E-state index in [4.69, 9.17) is 9.47 Å². The van der Waals surface area contributed by atoms with Crippen molar-refractivity contribution in [1.82, 2.24) is 5.43 Å². The molecule has 0 aliphatic carbocycles. The summed E-state index contributed by atoms with van der Waals surface area (Å²) in [5.41, 5.74) is 7.49. The summed E-state index contributed by atoms with van der Waals surface area (Å²) in [6.45, 7) is 7.48. The zero-order chi connectivity index (χ0) is 20.7. The van der Waals surface area contributed by atoms with E-state index in [9.17, 15) is 9.59 Å². The van der Waals surface area contributed by atoms with Crippen LogP contribution in [-0.2, 0) is 9.59 Å². The molecule has 1 amide bonds. The molecule has 0 spiro atoms. The van der Waals surface area contributed by atoms with Gasteiger partial charge in [-0.3, -0.25) is 9.59 Å². The quantitative estimate of drug-likeness (QED) is 0.332. The Labute approximate surface area is 164 Å². The standard InChI is InChI=1S/C21H25N3O4/c1-13-8-14(2)21(15(3)9-13)22-12-20(26)24-23-11-17-6-7-18(28-16(4)25)19(10-17)27-5/h6-11,22H,12H2,1-5H3,(H,24,26)/b23-11-. The molecule has 0 bridgehead atoms. The van der Waals surface area contributed by atoms with Gasteiger partial charge in [-0.2, -0.15) is 5.10 Å². The fourth-order valence-electron chi connectivity index (χ4n) is 2.85. The number of carbonyl (C=O) groups is 2. The number of benzene rings is 2. The number of anilines is 1. The minimum absolute atomic E-state index is 0.108. The maximum absolute atomic E-state index is 12.0. The Balaban J connectivity index is 1.94. The molecular weight excluding hydrogens is 358 g/mol. The number of amides is 1. The third-order valence-corrected chi connectivity index (χ3v) is 3.95. The van der Waals surface area contributed by atoms with Crippen molar-refractivity contribution < 1.29 is 19.1 Å². The van der Waals surface area contributed by atoms with Crippen LogP contribution in [0.25, 0.3) is 0 Å². The highest BCUT2D eigenvalue weighted by Crippen LogP contribution is 2.27. The first kappa shape index (κ1) is 21.0. The van der Waals surface area contributed by atoms with Crippen LogP contribution in [0.1, 0.15) is 29.2 Å². The first-order chi connectivity index (χ1) is 13.3. The van der Waals surface area contributed by atoms with Crippen molar-refractivity contribution in [2.75, 3.05) is 19.0 Å². The molecule has 0 aromatic heterocycles. The molecule has 2 aromatic rings. The van der Waals surface area contributed by atoms with Gasteiger partial charge in [0.2, 0.25) is 0 Å². The summed E-state index contributed by atoms with van der Waals surface area (Å²) >= 11 is 0. The average molecular weight is 383 g/mol. The highest BCUT2D eigenvalue weighted by atomic mass is 16.6. The van der Waals surface area contributed by atoms with Crippen LogP contribution in [0.2, 0.25) is 0 Å². The zero-order valence-corrected chi connectivity index (χ0v) is 16.8. The molecule has 2 aromatic carbocycles. The summed E-state index contributed by atoms with van der Waals surface area (Å²) in [6.07, 6.45) is 1.49. The van der Waals surface area contributed by atoms with E-state index in [1.165, 1.54) is 25.8 Å². The molecule has 0 aliphatic rings. The highest BCUT2D eigenvalue weighted by molar-refractivity contribution is 5.85. The van der Waals surface area contributed by atoms with Gasteiger partial charge < -0.3 is 14.8 Å². The maximum atomic E-state index is 12.0. The highest BCUT2D eigenvalue weighted by Gasteiger charge is 2.08. The molecule has 148 valence electrons. The lowest BCUT2D eigenvalue weighted by Crippen LogP contribution is -2.26. The lowest BCUT2D eigenvalue weighted by Gasteiger charge is -2.13. The van der Waals surface area contributed by atoms with E-state index < -0.39 is 5.97 Å². The Morgan fingerprint density at radius 2 is 1.75 bits per heavy atom. The van der Waals surface area contributed by atoms with E-state index in [0.29, 0.717) is 17.1 Å². The van der Waals surface area contributed by atoms with Crippen LogP contribution in [0.3, 0.4) is 0 Å². The fourth-order valence-corrected chi connectivity index (χ4v) is 2.85. The van der Waals surface area contributed by atoms with Gasteiger partial charge in [0, 0.05) is 12.6 Å². The number of aryl methyl sites for hydroxylation is 3. The number of hydrogen-bond acceptors (Lipinski definition) is 6. The lowest BCUT2D eigenvalue weighted by atomic mass is 10.1. The van der Waals surface area contributed by atoms with Crippen molar-refractivity contribution in [2.24, 2.45) is 5.10 Å². The van der Waals surface area contributed by atoms with E-state index in [0.717, 1.165) is 16.8 Å². The molecule has 0 radical (unpaired) electrons. The van der Waals surface area contributed by atoms with Crippen molar-refractivity contribution in [2.45, 2.75) is 27.7 Å². The predicted molar refractivity (Wildman–Crippen MR) is 109 cm³/mol. The molecule has 0 unspecified atom stereocenters. The Morgan fingerprint density at radius 1 is 1.07 bits per heavy atom. The largest absolute Gasteiger partial charge is 0.493 e. The SMILES string of the molecule is COc1cc(/C=N\NC(=O)CNc2c(C)cc(C)cc2C)ccc1OC(C)=O. The summed E-state index contributed by atoms with van der Waals surface area (Å²) in [4.78, 5) is 23.1. The molecule has 2 rings (SSSR count). The summed E-state index contributed by atoms with van der Waals surface area (Å²) in [6, 6.07) is 9.10. The third kappa shape index (κ3) is 5.84. The maximum Gasteiger partial charge on any atom is 0.308 e. The second-order valence-corrected chi connectivity index (χ2v) is 6.42. The third-order valence-electron chi connectivity index (χ3n) is 3.95. The normalized spacial score (nSPS) is 10.6. The van der Waals surface area contributed by atoms with Gasteiger partial charge in [0.25, 0.3) is 5.91 Å². The Hall–Kier alpha value is -3.35. The number of hydrogen-bond donors (Lipinski definition) is 2. The second-order valence-electron chi connectivity index (χ2n) is 6.42. The molecule has 28 heavy (non-hydrogen) atoms. The van der Waals surface area contributed by atoms with Crippen LogP contribution in [-0.4, -0.2) is 31.7 Å². The van der Waals surface area contributed by atoms with Gasteiger partial charge in [-0.25, -0.2) is 5.43 Å². The summed E-state index contributed by atoms with van der Waals surface area (Å²) in [5.74, 6) is 0.0272. The molecule has 0 aliphatic heterocycles. The molecule has 2 N–H and O–H groups in total. The van der Waals surface area contributed by atoms with Crippen LogP contribution in [0.15, 0.2) is 35.4 Å². The molecule has 0 saturated heterocycles. The van der Waals surface area contributed by atoms with Gasteiger partial charge in [-0.15, -0.1) is 0 Å². The summed E-state index contributed by atoms with van der Waals surface area (Å²) in [5, 5.41) is 7.10. The van der Waals surface area contributed by atoms with Crippen molar-refractivity contribution >= 4 is 23.8 Å². The Bertz CT molecular complexity index is 884. The molecule has 0 fully saturated rings. The molecule has 7 nitrogen and oxygen atoms in total. The van der Waals surface area contributed by atoms with Gasteiger partial charge in [-0.1, -0.05) is 17.7 Å². The topological polar surface area (TPSA) is 89.0 Å². The van der Waals surface area contributed by atoms with Crippen molar-refractivity contribution in [1.29, 1.82) is 0 Å². The van der Waals surface area contributed by atoms with E-state index in [1.54, 1.807) is 18.2 Å². The predicted octanol–water partition coefficient (Wildman–Crippen LogP) is 3.11. The van der Waals surface area contributed by atoms with Crippen LogP contribution >= 0.6 is 0 Å². The number of nitrogens with one attached hydrogen (secondary N) is 2. The van der Waals surface area contributed by atoms with Gasteiger partial charge in [0.15, 0.2) is 11.5 Å². The van der Waals surface area contributed by atoms with Crippen LogP contribution in [0.5, 0.6) is 11.5 Å². The van der Waals surface area contributed by atoms with Gasteiger partial charge in [0.05, 0.1) is 19.9 Å². The van der Waals surface area contributed by atoms with Gasteiger partial charge >= 0.3 is 5.97 Å².